The Bertz CT molecular complexity index is 2900. The van der Waals surface area contributed by atoms with Crippen LogP contribution < -0.4 is 16.8 Å². The maximum atomic E-state index is 6.61. The average molecular weight is 796 g/mol. The van der Waals surface area contributed by atoms with Crippen molar-refractivity contribution in [1.82, 2.24) is 14.9 Å². The highest BCUT2D eigenvalue weighted by atomic mass is 15.0. The summed E-state index contributed by atoms with van der Waals surface area (Å²) in [5.74, 6) is 0.294. The van der Waals surface area contributed by atoms with Crippen molar-refractivity contribution in [3.63, 3.8) is 0 Å². The summed E-state index contributed by atoms with van der Waals surface area (Å²) in [6, 6.07) is 47.5. The van der Waals surface area contributed by atoms with Crippen molar-refractivity contribution in [1.29, 1.82) is 0 Å². The zero-order valence-corrected chi connectivity index (χ0v) is 35.3. The SMILES string of the molecule is C=C(/C=C\CNC)/C(N)=C/C(=C\CC1C=Cc2c(n(-c3ccccc3)c3c2ccc2cc(-c4cc(-c5ccccc5)cc(/C(C)=C/C(C)=C\N)n4)ccc23)C1)c1ccccc1. The van der Waals surface area contributed by atoms with Gasteiger partial charge < -0.3 is 21.4 Å². The van der Waals surface area contributed by atoms with Crippen LogP contribution in [-0.4, -0.2) is 23.1 Å². The first-order valence-electron chi connectivity index (χ1n) is 21.0. The van der Waals surface area contributed by atoms with Crippen LogP contribution in [0.25, 0.3) is 67.0 Å². The molecular formula is C56H53N5. The van der Waals surface area contributed by atoms with E-state index in [1.807, 2.05) is 32.2 Å². The first-order valence-corrected chi connectivity index (χ1v) is 21.0. The van der Waals surface area contributed by atoms with Gasteiger partial charge in [0.1, 0.15) is 0 Å². The number of nitrogens with zero attached hydrogens (tertiary/aromatic N) is 2. The van der Waals surface area contributed by atoms with E-state index in [0.29, 0.717) is 11.6 Å². The van der Waals surface area contributed by atoms with Crippen LogP contribution in [-0.2, 0) is 6.42 Å². The third-order valence-corrected chi connectivity index (χ3v) is 11.5. The summed E-state index contributed by atoms with van der Waals surface area (Å²) in [5.41, 5.74) is 28.4. The molecule has 0 amide bonds. The number of benzene rings is 5. The maximum absolute atomic E-state index is 6.61. The van der Waals surface area contributed by atoms with Crippen LogP contribution in [0.1, 0.15) is 42.8 Å². The fourth-order valence-electron chi connectivity index (χ4n) is 8.29. The Kier molecular flexibility index (Phi) is 12.2. The third-order valence-electron chi connectivity index (χ3n) is 11.5. The highest BCUT2D eigenvalue weighted by Gasteiger charge is 2.24. The summed E-state index contributed by atoms with van der Waals surface area (Å²) in [4.78, 5) is 5.22. The summed E-state index contributed by atoms with van der Waals surface area (Å²) in [6.07, 6.45) is 18.6. The second-order valence-corrected chi connectivity index (χ2v) is 15.8. The zero-order valence-electron chi connectivity index (χ0n) is 35.3. The quantitative estimate of drug-likeness (QED) is 0.102. The van der Waals surface area contributed by atoms with Gasteiger partial charge in [-0.05, 0) is 127 Å². The number of nitrogens with two attached hydrogens (primary N) is 2. The lowest BCUT2D eigenvalue weighted by molar-refractivity contribution is 0.636. The van der Waals surface area contributed by atoms with Crippen molar-refractivity contribution in [3.8, 4) is 28.1 Å². The summed E-state index contributed by atoms with van der Waals surface area (Å²) in [6.45, 7) is 9.09. The van der Waals surface area contributed by atoms with E-state index in [4.69, 9.17) is 16.5 Å². The Labute approximate surface area is 360 Å². The van der Waals surface area contributed by atoms with Crippen LogP contribution in [0, 0.1) is 5.92 Å². The fourth-order valence-corrected chi connectivity index (χ4v) is 8.29. The molecule has 0 bridgehead atoms. The summed E-state index contributed by atoms with van der Waals surface area (Å²) < 4.78 is 2.50. The molecule has 0 saturated heterocycles. The Balaban J connectivity index is 1.19. The predicted octanol–water partition coefficient (Wildman–Crippen LogP) is 12.6. The number of allylic oxidation sites excluding steroid dienone is 8. The van der Waals surface area contributed by atoms with Gasteiger partial charge in [-0.15, -0.1) is 0 Å². The van der Waals surface area contributed by atoms with Gasteiger partial charge in [0.15, 0.2) is 0 Å². The van der Waals surface area contributed by atoms with Gasteiger partial charge in [0.05, 0.1) is 16.9 Å². The first-order chi connectivity index (χ1) is 29.8. The number of rotatable bonds is 13. The van der Waals surface area contributed by atoms with E-state index < -0.39 is 0 Å². The van der Waals surface area contributed by atoms with Gasteiger partial charge in [-0.2, -0.15) is 0 Å². The molecule has 61 heavy (non-hydrogen) atoms. The largest absolute Gasteiger partial charge is 0.404 e. The number of pyridine rings is 1. The number of aromatic nitrogens is 2. The van der Waals surface area contributed by atoms with Crippen molar-refractivity contribution >= 4 is 38.9 Å². The minimum atomic E-state index is 0.294. The molecule has 5 aromatic carbocycles. The lowest BCUT2D eigenvalue weighted by Gasteiger charge is -2.20. The minimum absolute atomic E-state index is 0.294. The van der Waals surface area contributed by atoms with Gasteiger partial charge in [0, 0.05) is 45.5 Å². The Morgan fingerprint density at radius 1 is 0.820 bits per heavy atom. The number of fused-ring (bicyclic) bond motifs is 5. The van der Waals surface area contributed by atoms with Gasteiger partial charge in [-0.25, -0.2) is 4.98 Å². The molecule has 8 rings (SSSR count). The molecule has 5 nitrogen and oxygen atoms in total. The Morgan fingerprint density at radius 2 is 1.54 bits per heavy atom. The van der Waals surface area contributed by atoms with Crippen LogP contribution in [0.15, 0.2) is 200 Å². The molecule has 7 aromatic rings. The molecule has 2 aromatic heterocycles. The molecule has 0 saturated carbocycles. The standard InChI is InChI=1S/C56H53N5/c1-38(37-57)31-40(3)53-35-47(43-18-10-6-11-19-43)36-54(60-53)46-26-28-49-45(33-46)25-29-51-50-27-23-41(32-55(50)61(56(49)51)48-20-12-7-13-21-48)22-24-44(42-16-8-5-9-17-42)34-52(58)39(2)15-14-30-59-4/h5-21,23-29,31,33-37,41,59H,2,22,30,32,57-58H2,1,3-4H3/b15-14-,38-37-,40-31+,44-24+,52-34-. The third kappa shape index (κ3) is 8.89. The number of likely N-dealkylation sites (N-methyl/N-ethyl adjacent to an activating group) is 1. The Morgan fingerprint density at radius 3 is 2.28 bits per heavy atom. The topological polar surface area (TPSA) is 81.9 Å². The molecule has 5 N–H and O–H groups in total. The second kappa shape index (κ2) is 18.4. The number of para-hydroxylation sites is 1. The van der Waals surface area contributed by atoms with Gasteiger partial charge in [0.2, 0.25) is 0 Å². The van der Waals surface area contributed by atoms with E-state index in [0.717, 1.165) is 81.0 Å². The van der Waals surface area contributed by atoms with Crippen molar-refractivity contribution in [2.75, 3.05) is 13.6 Å². The van der Waals surface area contributed by atoms with E-state index in [-0.39, 0.29) is 0 Å². The van der Waals surface area contributed by atoms with Crippen LogP contribution in [0.3, 0.4) is 0 Å². The van der Waals surface area contributed by atoms with E-state index in [2.05, 4.69) is 181 Å². The molecular weight excluding hydrogens is 743 g/mol. The van der Waals surface area contributed by atoms with Gasteiger partial charge >= 0.3 is 0 Å². The average Bonchev–Trinajstić information content (AvgIpc) is 3.64. The molecule has 1 aliphatic rings. The van der Waals surface area contributed by atoms with E-state index in [1.54, 1.807) is 6.20 Å². The molecule has 1 atom stereocenters. The zero-order chi connectivity index (χ0) is 42.3. The molecule has 5 heteroatoms. The van der Waals surface area contributed by atoms with Crippen LogP contribution >= 0.6 is 0 Å². The van der Waals surface area contributed by atoms with Gasteiger partial charge in [-0.1, -0.05) is 146 Å². The molecule has 0 fully saturated rings. The lowest BCUT2D eigenvalue weighted by Crippen LogP contribution is -2.10. The smallest absolute Gasteiger partial charge is 0.0715 e. The maximum Gasteiger partial charge on any atom is 0.0715 e. The number of hydrogen-bond acceptors (Lipinski definition) is 4. The molecule has 302 valence electrons. The van der Waals surface area contributed by atoms with Gasteiger partial charge in [-0.3, -0.25) is 0 Å². The molecule has 0 aliphatic heterocycles. The van der Waals surface area contributed by atoms with E-state index in [1.165, 1.54) is 32.9 Å². The first kappa shape index (κ1) is 40.6. The second-order valence-electron chi connectivity index (χ2n) is 15.8. The molecule has 1 unspecified atom stereocenters. The highest BCUT2D eigenvalue weighted by molar-refractivity contribution is 6.11. The molecule has 0 spiro atoms. The summed E-state index contributed by atoms with van der Waals surface area (Å²) in [5, 5.41) is 6.76. The molecule has 2 heterocycles. The number of nitrogens with one attached hydrogen (secondary N) is 1. The van der Waals surface area contributed by atoms with Crippen LogP contribution in [0.2, 0.25) is 0 Å². The van der Waals surface area contributed by atoms with Gasteiger partial charge in [0.25, 0.3) is 0 Å². The van der Waals surface area contributed by atoms with E-state index >= 15 is 0 Å². The van der Waals surface area contributed by atoms with Crippen molar-refractivity contribution < 1.29 is 0 Å². The van der Waals surface area contributed by atoms with Crippen LogP contribution in [0.4, 0.5) is 0 Å². The van der Waals surface area contributed by atoms with Crippen LogP contribution in [0.5, 0.6) is 0 Å². The summed E-state index contributed by atoms with van der Waals surface area (Å²) >= 11 is 0. The normalized spacial score (nSPS) is 14.9. The van der Waals surface area contributed by atoms with Crippen molar-refractivity contribution in [2.45, 2.75) is 26.7 Å². The summed E-state index contributed by atoms with van der Waals surface area (Å²) in [7, 11) is 1.92. The van der Waals surface area contributed by atoms with Crippen molar-refractivity contribution in [3.05, 3.63) is 222 Å². The molecule has 1 aliphatic carbocycles. The highest BCUT2D eigenvalue weighted by Crippen LogP contribution is 2.41. The number of hydrogen-bond donors (Lipinski definition) is 3. The van der Waals surface area contributed by atoms with Crippen molar-refractivity contribution in [2.24, 2.45) is 17.4 Å². The monoisotopic (exact) mass is 795 g/mol. The molecule has 0 radical (unpaired) electrons. The lowest BCUT2D eigenvalue weighted by atomic mass is 9.89. The fraction of sp³-hybridized carbons (Fsp3) is 0.125. The Hall–Kier alpha value is -7.21. The predicted molar refractivity (Wildman–Crippen MR) is 261 cm³/mol. The van der Waals surface area contributed by atoms with E-state index in [9.17, 15) is 0 Å². The minimum Gasteiger partial charge on any atom is -0.404 e.